The highest BCUT2D eigenvalue weighted by Crippen LogP contribution is 2.29. The standard InChI is InChI=1S/C11H22N2/c1-11(6-4-7-12-11)9-10-5-3-8-13(10)2/h10,12H,3-9H2,1-2H3. The molecule has 2 atom stereocenters. The minimum absolute atomic E-state index is 0.448. The SMILES string of the molecule is CN1CCCC1CC1(C)CCCN1. The molecule has 2 saturated heterocycles. The molecule has 2 heterocycles. The molecule has 0 radical (unpaired) electrons. The van der Waals surface area contributed by atoms with Gasteiger partial charge in [-0.2, -0.15) is 0 Å². The number of rotatable bonds is 2. The molecule has 13 heavy (non-hydrogen) atoms. The third-order valence-corrected chi connectivity index (χ3v) is 3.81. The van der Waals surface area contributed by atoms with Crippen LogP contribution in [0.3, 0.4) is 0 Å². The molecule has 2 aliphatic heterocycles. The monoisotopic (exact) mass is 182 g/mol. The molecule has 2 aliphatic rings. The van der Waals surface area contributed by atoms with Crippen LogP contribution in [0.4, 0.5) is 0 Å². The summed E-state index contributed by atoms with van der Waals surface area (Å²) >= 11 is 0. The first-order valence-electron chi connectivity index (χ1n) is 5.65. The van der Waals surface area contributed by atoms with Crippen LogP contribution in [0.1, 0.15) is 39.0 Å². The van der Waals surface area contributed by atoms with Gasteiger partial charge in [-0.15, -0.1) is 0 Å². The predicted molar refractivity (Wildman–Crippen MR) is 55.9 cm³/mol. The number of nitrogens with one attached hydrogen (secondary N) is 1. The van der Waals surface area contributed by atoms with Crippen molar-refractivity contribution in [2.24, 2.45) is 0 Å². The molecular formula is C11H22N2. The lowest BCUT2D eigenvalue weighted by Gasteiger charge is -2.31. The van der Waals surface area contributed by atoms with E-state index in [1.165, 1.54) is 45.2 Å². The van der Waals surface area contributed by atoms with Gasteiger partial charge < -0.3 is 10.2 Å². The molecule has 2 fully saturated rings. The Balaban J connectivity index is 1.88. The lowest BCUT2D eigenvalue weighted by molar-refractivity contribution is 0.234. The molecule has 2 heteroatoms. The maximum Gasteiger partial charge on any atom is 0.0168 e. The Labute approximate surface area is 81.7 Å². The van der Waals surface area contributed by atoms with Gasteiger partial charge in [-0.25, -0.2) is 0 Å². The van der Waals surface area contributed by atoms with Crippen LogP contribution >= 0.6 is 0 Å². The van der Waals surface area contributed by atoms with E-state index in [0.717, 1.165) is 6.04 Å². The summed E-state index contributed by atoms with van der Waals surface area (Å²) < 4.78 is 0. The second-order valence-electron chi connectivity index (χ2n) is 5.07. The van der Waals surface area contributed by atoms with Crippen molar-refractivity contribution in [2.75, 3.05) is 20.1 Å². The maximum atomic E-state index is 3.65. The second-order valence-corrected chi connectivity index (χ2v) is 5.07. The van der Waals surface area contributed by atoms with Crippen molar-refractivity contribution in [1.82, 2.24) is 10.2 Å². The van der Waals surface area contributed by atoms with E-state index in [2.05, 4.69) is 24.2 Å². The van der Waals surface area contributed by atoms with Crippen molar-refractivity contribution in [2.45, 2.75) is 50.6 Å². The Morgan fingerprint density at radius 3 is 2.85 bits per heavy atom. The Morgan fingerprint density at radius 2 is 2.31 bits per heavy atom. The second kappa shape index (κ2) is 3.58. The molecule has 0 saturated carbocycles. The van der Waals surface area contributed by atoms with Crippen LogP contribution in [-0.2, 0) is 0 Å². The molecule has 0 aromatic heterocycles. The van der Waals surface area contributed by atoms with Crippen LogP contribution < -0.4 is 5.32 Å². The molecular weight excluding hydrogens is 160 g/mol. The van der Waals surface area contributed by atoms with E-state index in [0.29, 0.717) is 5.54 Å². The van der Waals surface area contributed by atoms with E-state index in [1.54, 1.807) is 0 Å². The smallest absolute Gasteiger partial charge is 0.0168 e. The van der Waals surface area contributed by atoms with Crippen molar-refractivity contribution < 1.29 is 0 Å². The van der Waals surface area contributed by atoms with E-state index >= 15 is 0 Å². The molecule has 2 rings (SSSR count). The molecule has 0 aromatic rings. The van der Waals surface area contributed by atoms with Gasteiger partial charge in [-0.05, 0) is 59.2 Å². The first-order chi connectivity index (χ1) is 6.20. The fraction of sp³-hybridized carbons (Fsp3) is 1.00. The van der Waals surface area contributed by atoms with Crippen molar-refractivity contribution in [3.63, 3.8) is 0 Å². The Morgan fingerprint density at radius 1 is 1.46 bits per heavy atom. The fourth-order valence-corrected chi connectivity index (χ4v) is 2.89. The van der Waals surface area contributed by atoms with Gasteiger partial charge in [0.2, 0.25) is 0 Å². The first kappa shape index (κ1) is 9.47. The lowest BCUT2D eigenvalue weighted by atomic mass is 9.90. The fourth-order valence-electron chi connectivity index (χ4n) is 2.89. The predicted octanol–water partition coefficient (Wildman–Crippen LogP) is 1.61. The van der Waals surface area contributed by atoms with E-state index in [-0.39, 0.29) is 0 Å². The normalized spacial score (nSPS) is 41.5. The third-order valence-electron chi connectivity index (χ3n) is 3.81. The number of likely N-dealkylation sites (tertiary alicyclic amines) is 1. The molecule has 0 amide bonds. The Bertz CT molecular complexity index is 173. The number of hydrogen-bond donors (Lipinski definition) is 1. The van der Waals surface area contributed by atoms with Crippen LogP contribution in [0.25, 0.3) is 0 Å². The van der Waals surface area contributed by atoms with Gasteiger partial charge in [-0.3, -0.25) is 0 Å². The van der Waals surface area contributed by atoms with Crippen LogP contribution in [0, 0.1) is 0 Å². The van der Waals surface area contributed by atoms with Gasteiger partial charge in [0.1, 0.15) is 0 Å². The summed E-state index contributed by atoms with van der Waals surface area (Å²) in [7, 11) is 2.27. The average Bonchev–Trinajstić information content (AvgIpc) is 2.64. The summed E-state index contributed by atoms with van der Waals surface area (Å²) in [6.07, 6.45) is 6.90. The lowest BCUT2D eigenvalue weighted by Crippen LogP contribution is -2.42. The van der Waals surface area contributed by atoms with Crippen LogP contribution in [0.5, 0.6) is 0 Å². The van der Waals surface area contributed by atoms with Crippen molar-refractivity contribution in [3.05, 3.63) is 0 Å². The zero-order valence-corrected chi connectivity index (χ0v) is 8.97. The molecule has 0 aliphatic carbocycles. The van der Waals surface area contributed by atoms with Crippen LogP contribution in [0.2, 0.25) is 0 Å². The first-order valence-corrected chi connectivity index (χ1v) is 5.65. The molecule has 1 N–H and O–H groups in total. The maximum absolute atomic E-state index is 3.65. The van der Waals surface area contributed by atoms with Crippen molar-refractivity contribution >= 4 is 0 Å². The molecule has 0 aromatic carbocycles. The molecule has 76 valence electrons. The van der Waals surface area contributed by atoms with E-state index in [9.17, 15) is 0 Å². The zero-order valence-electron chi connectivity index (χ0n) is 8.97. The highest BCUT2D eigenvalue weighted by molar-refractivity contribution is 4.93. The highest BCUT2D eigenvalue weighted by Gasteiger charge is 2.33. The molecule has 0 spiro atoms. The van der Waals surface area contributed by atoms with E-state index < -0.39 is 0 Å². The molecule has 2 unspecified atom stereocenters. The quantitative estimate of drug-likeness (QED) is 0.698. The van der Waals surface area contributed by atoms with Gasteiger partial charge in [0.05, 0.1) is 0 Å². The van der Waals surface area contributed by atoms with Crippen LogP contribution in [0.15, 0.2) is 0 Å². The zero-order chi connectivity index (χ0) is 9.31. The highest BCUT2D eigenvalue weighted by atomic mass is 15.2. The summed E-state index contributed by atoms with van der Waals surface area (Å²) in [5, 5.41) is 3.65. The Hall–Kier alpha value is -0.0800. The van der Waals surface area contributed by atoms with Gasteiger partial charge in [-0.1, -0.05) is 0 Å². The van der Waals surface area contributed by atoms with Gasteiger partial charge >= 0.3 is 0 Å². The Kier molecular flexibility index (Phi) is 2.61. The molecule has 0 bridgehead atoms. The van der Waals surface area contributed by atoms with Crippen molar-refractivity contribution in [1.29, 1.82) is 0 Å². The number of hydrogen-bond acceptors (Lipinski definition) is 2. The summed E-state index contributed by atoms with van der Waals surface area (Å²) in [6, 6.07) is 0.843. The van der Waals surface area contributed by atoms with Gasteiger partial charge in [0, 0.05) is 11.6 Å². The van der Waals surface area contributed by atoms with E-state index in [1.807, 2.05) is 0 Å². The van der Waals surface area contributed by atoms with Gasteiger partial charge in [0.25, 0.3) is 0 Å². The number of nitrogens with zero attached hydrogens (tertiary/aromatic N) is 1. The minimum Gasteiger partial charge on any atom is -0.311 e. The third kappa shape index (κ3) is 2.05. The summed E-state index contributed by atoms with van der Waals surface area (Å²) in [5.41, 5.74) is 0.448. The van der Waals surface area contributed by atoms with E-state index in [4.69, 9.17) is 0 Å². The summed E-state index contributed by atoms with van der Waals surface area (Å²) in [4.78, 5) is 2.53. The average molecular weight is 182 g/mol. The largest absolute Gasteiger partial charge is 0.311 e. The van der Waals surface area contributed by atoms with Crippen molar-refractivity contribution in [3.8, 4) is 0 Å². The summed E-state index contributed by atoms with van der Waals surface area (Å²) in [5.74, 6) is 0. The minimum atomic E-state index is 0.448. The van der Waals surface area contributed by atoms with Crippen LogP contribution in [-0.4, -0.2) is 36.6 Å². The van der Waals surface area contributed by atoms with Gasteiger partial charge in [0.15, 0.2) is 0 Å². The topological polar surface area (TPSA) is 15.3 Å². The summed E-state index contributed by atoms with van der Waals surface area (Å²) in [6.45, 7) is 4.93. The molecule has 2 nitrogen and oxygen atoms in total.